The van der Waals surface area contributed by atoms with Gasteiger partial charge in [-0.2, -0.15) is 9.97 Å². The van der Waals surface area contributed by atoms with Crippen LogP contribution in [0, 0.1) is 5.82 Å². The van der Waals surface area contributed by atoms with Crippen molar-refractivity contribution in [3.8, 4) is 0 Å². The van der Waals surface area contributed by atoms with E-state index >= 15 is 0 Å². The van der Waals surface area contributed by atoms with Gasteiger partial charge in [-0.1, -0.05) is 0 Å². The molecule has 162 valence electrons. The van der Waals surface area contributed by atoms with Gasteiger partial charge in [0.15, 0.2) is 0 Å². The number of benzene rings is 1. The number of aromatic nitrogens is 2. The van der Waals surface area contributed by atoms with Gasteiger partial charge in [-0.05, 0) is 45.0 Å². The molecular formula is C21H29FN6O2. The minimum absolute atomic E-state index is 0.291. The van der Waals surface area contributed by atoms with E-state index in [0.29, 0.717) is 37.9 Å². The van der Waals surface area contributed by atoms with Gasteiger partial charge < -0.3 is 24.8 Å². The fourth-order valence-electron chi connectivity index (χ4n) is 2.95. The van der Waals surface area contributed by atoms with Crippen LogP contribution in [-0.2, 0) is 4.74 Å². The highest BCUT2D eigenvalue weighted by Gasteiger charge is 2.27. The minimum atomic E-state index is -0.516. The molecule has 8 nitrogen and oxygen atoms in total. The van der Waals surface area contributed by atoms with Crippen molar-refractivity contribution in [2.45, 2.75) is 26.4 Å². The molecule has 30 heavy (non-hydrogen) atoms. The molecule has 0 bridgehead atoms. The Morgan fingerprint density at radius 3 is 2.30 bits per heavy atom. The molecule has 0 aliphatic carbocycles. The normalized spacial score (nSPS) is 14.5. The SMILES string of the molecule is CN(C)c1cc(Nc2ccc(F)cc2)nc(N2CCN(C(=O)OC(C)(C)C)CC2)n1. The van der Waals surface area contributed by atoms with E-state index in [1.165, 1.54) is 12.1 Å². The number of amides is 1. The minimum Gasteiger partial charge on any atom is -0.444 e. The fourth-order valence-corrected chi connectivity index (χ4v) is 2.95. The van der Waals surface area contributed by atoms with Crippen LogP contribution in [0.25, 0.3) is 0 Å². The van der Waals surface area contributed by atoms with Crippen molar-refractivity contribution in [1.29, 1.82) is 0 Å². The largest absolute Gasteiger partial charge is 0.444 e. The number of nitrogens with zero attached hydrogens (tertiary/aromatic N) is 5. The summed E-state index contributed by atoms with van der Waals surface area (Å²) in [5, 5.41) is 3.20. The second kappa shape index (κ2) is 8.73. The molecule has 0 atom stereocenters. The number of hydrogen-bond donors (Lipinski definition) is 1. The van der Waals surface area contributed by atoms with E-state index in [9.17, 15) is 9.18 Å². The lowest BCUT2D eigenvalue weighted by Crippen LogP contribution is -2.50. The van der Waals surface area contributed by atoms with Crippen LogP contribution in [0.2, 0.25) is 0 Å². The van der Waals surface area contributed by atoms with Crippen molar-refractivity contribution in [2.75, 3.05) is 55.4 Å². The maximum atomic E-state index is 13.2. The van der Waals surface area contributed by atoms with Crippen molar-refractivity contribution < 1.29 is 13.9 Å². The van der Waals surface area contributed by atoms with Crippen LogP contribution in [-0.4, -0.2) is 66.8 Å². The Bertz CT molecular complexity index is 874. The predicted molar refractivity (Wildman–Crippen MR) is 116 cm³/mol. The van der Waals surface area contributed by atoms with Crippen molar-refractivity contribution in [2.24, 2.45) is 0 Å². The maximum absolute atomic E-state index is 13.2. The summed E-state index contributed by atoms with van der Waals surface area (Å²) in [4.78, 5) is 27.2. The Morgan fingerprint density at radius 2 is 1.73 bits per heavy atom. The molecule has 0 unspecified atom stereocenters. The van der Waals surface area contributed by atoms with E-state index in [1.54, 1.807) is 17.0 Å². The first-order valence-corrected chi connectivity index (χ1v) is 9.92. The molecule has 1 amide bonds. The maximum Gasteiger partial charge on any atom is 0.410 e. The lowest BCUT2D eigenvalue weighted by Gasteiger charge is -2.35. The average molecular weight is 417 g/mol. The summed E-state index contributed by atoms with van der Waals surface area (Å²) in [6.45, 7) is 7.85. The molecule has 1 aromatic carbocycles. The summed E-state index contributed by atoms with van der Waals surface area (Å²) < 4.78 is 18.6. The van der Waals surface area contributed by atoms with Gasteiger partial charge in [0.1, 0.15) is 23.1 Å². The van der Waals surface area contributed by atoms with Crippen LogP contribution < -0.4 is 15.1 Å². The van der Waals surface area contributed by atoms with Gasteiger partial charge in [-0.25, -0.2) is 9.18 Å². The molecule has 1 aliphatic heterocycles. The summed E-state index contributed by atoms with van der Waals surface area (Å²) in [5.41, 5.74) is 0.221. The van der Waals surface area contributed by atoms with Gasteiger partial charge >= 0.3 is 6.09 Å². The number of carbonyl (C=O) groups is 1. The molecule has 3 rings (SSSR count). The lowest BCUT2D eigenvalue weighted by molar-refractivity contribution is 0.0240. The smallest absolute Gasteiger partial charge is 0.410 e. The Morgan fingerprint density at radius 1 is 1.10 bits per heavy atom. The third-order valence-corrected chi connectivity index (χ3v) is 4.49. The van der Waals surface area contributed by atoms with Gasteiger partial charge in [0, 0.05) is 52.0 Å². The number of halogens is 1. The molecular weight excluding hydrogens is 387 g/mol. The van der Waals surface area contributed by atoms with Crippen LogP contribution in [0.4, 0.5) is 32.5 Å². The highest BCUT2D eigenvalue weighted by Crippen LogP contribution is 2.23. The molecule has 0 saturated carbocycles. The fraction of sp³-hybridized carbons (Fsp3) is 0.476. The van der Waals surface area contributed by atoms with Crippen molar-refractivity contribution in [3.63, 3.8) is 0 Å². The Balaban J connectivity index is 1.73. The number of ether oxygens (including phenoxy) is 1. The van der Waals surface area contributed by atoms with E-state index in [-0.39, 0.29) is 11.9 Å². The van der Waals surface area contributed by atoms with Crippen LogP contribution in [0.15, 0.2) is 30.3 Å². The van der Waals surface area contributed by atoms with E-state index in [4.69, 9.17) is 4.74 Å². The predicted octanol–water partition coefficient (Wildman–Crippen LogP) is 3.48. The molecule has 2 aromatic rings. The Hall–Kier alpha value is -3.10. The second-order valence-electron chi connectivity index (χ2n) is 8.39. The zero-order valence-electron chi connectivity index (χ0n) is 18.1. The van der Waals surface area contributed by atoms with Crippen LogP contribution in [0.5, 0.6) is 0 Å². The molecule has 1 saturated heterocycles. The Kier molecular flexibility index (Phi) is 6.28. The van der Waals surface area contributed by atoms with E-state index in [2.05, 4.69) is 15.3 Å². The first-order chi connectivity index (χ1) is 14.1. The van der Waals surface area contributed by atoms with Crippen molar-refractivity contribution >= 4 is 29.4 Å². The zero-order chi connectivity index (χ0) is 21.9. The number of nitrogens with one attached hydrogen (secondary N) is 1. The monoisotopic (exact) mass is 416 g/mol. The molecule has 1 N–H and O–H groups in total. The van der Waals surface area contributed by atoms with Crippen LogP contribution >= 0.6 is 0 Å². The molecule has 0 spiro atoms. The highest BCUT2D eigenvalue weighted by atomic mass is 19.1. The molecule has 1 fully saturated rings. The first-order valence-electron chi connectivity index (χ1n) is 9.92. The summed E-state index contributed by atoms with van der Waals surface area (Å²) in [6.07, 6.45) is -0.302. The number of hydrogen-bond acceptors (Lipinski definition) is 7. The van der Waals surface area contributed by atoms with E-state index in [0.717, 1.165) is 11.5 Å². The number of carbonyl (C=O) groups excluding carboxylic acids is 1. The average Bonchev–Trinajstić information content (AvgIpc) is 2.68. The molecule has 9 heteroatoms. The molecule has 1 aromatic heterocycles. The first kappa shape index (κ1) is 21.6. The molecule has 0 radical (unpaired) electrons. The van der Waals surface area contributed by atoms with Crippen molar-refractivity contribution in [3.05, 3.63) is 36.1 Å². The third kappa shape index (κ3) is 5.71. The second-order valence-corrected chi connectivity index (χ2v) is 8.39. The van der Waals surface area contributed by atoms with Gasteiger partial charge in [-0.3, -0.25) is 0 Å². The van der Waals surface area contributed by atoms with Gasteiger partial charge in [0.25, 0.3) is 0 Å². The number of piperazine rings is 1. The molecule has 2 heterocycles. The van der Waals surface area contributed by atoms with Gasteiger partial charge in [-0.15, -0.1) is 0 Å². The van der Waals surface area contributed by atoms with Crippen LogP contribution in [0.1, 0.15) is 20.8 Å². The summed E-state index contributed by atoms with van der Waals surface area (Å²) in [6, 6.07) is 7.95. The van der Waals surface area contributed by atoms with E-state index in [1.807, 2.05) is 50.7 Å². The number of rotatable bonds is 4. The third-order valence-electron chi connectivity index (χ3n) is 4.49. The topological polar surface area (TPSA) is 73.8 Å². The van der Waals surface area contributed by atoms with Crippen molar-refractivity contribution in [1.82, 2.24) is 14.9 Å². The van der Waals surface area contributed by atoms with E-state index < -0.39 is 5.60 Å². The van der Waals surface area contributed by atoms with Crippen LogP contribution in [0.3, 0.4) is 0 Å². The quantitative estimate of drug-likeness (QED) is 0.818. The summed E-state index contributed by atoms with van der Waals surface area (Å²) in [7, 11) is 3.82. The lowest BCUT2D eigenvalue weighted by atomic mass is 10.2. The van der Waals surface area contributed by atoms with Gasteiger partial charge in [0.05, 0.1) is 0 Å². The van der Waals surface area contributed by atoms with Gasteiger partial charge in [0.2, 0.25) is 5.95 Å². The zero-order valence-corrected chi connectivity index (χ0v) is 18.1. The molecule has 1 aliphatic rings. The number of anilines is 4. The Labute approximate surface area is 176 Å². The summed E-state index contributed by atoms with van der Waals surface area (Å²) >= 11 is 0. The highest BCUT2D eigenvalue weighted by molar-refractivity contribution is 5.68. The standard InChI is InChI=1S/C21H29FN6O2/c1-21(2,3)30-20(29)28-12-10-27(11-13-28)19-24-17(14-18(25-19)26(4)5)23-16-8-6-15(22)7-9-16/h6-9,14H,10-13H2,1-5H3,(H,23,24,25). The summed E-state index contributed by atoms with van der Waals surface area (Å²) in [5.74, 6) is 1.65.